The van der Waals surface area contributed by atoms with E-state index in [9.17, 15) is 0 Å². The number of nitrogens with zero attached hydrogens (tertiary/aromatic N) is 1. The number of hydrogen-bond acceptors (Lipinski definition) is 2. The molecular weight excluding hydrogens is 168 g/mol. The van der Waals surface area contributed by atoms with E-state index < -0.39 is 0 Å². The topological polar surface area (TPSA) is 24.4 Å². The Bertz CT molecular complexity index is 168. The van der Waals surface area contributed by atoms with Crippen LogP contribution in [0.5, 0.6) is 0 Å². The van der Waals surface area contributed by atoms with Gasteiger partial charge in [0.1, 0.15) is 0 Å². The first-order valence-corrected chi connectivity index (χ1v) is 5.63. The molecule has 0 aromatic carbocycles. The van der Waals surface area contributed by atoms with E-state index in [2.05, 4.69) is 31.1 Å². The highest BCUT2D eigenvalue weighted by molar-refractivity contribution is 8.14. The minimum absolute atomic E-state index is 0.630. The van der Waals surface area contributed by atoms with Crippen molar-refractivity contribution in [3.05, 3.63) is 0 Å². The van der Waals surface area contributed by atoms with Crippen molar-refractivity contribution in [2.24, 2.45) is 4.99 Å². The highest BCUT2D eigenvalue weighted by atomic mass is 32.2. The summed E-state index contributed by atoms with van der Waals surface area (Å²) in [5.74, 6) is 0. The van der Waals surface area contributed by atoms with Gasteiger partial charge in [-0.15, -0.1) is 0 Å². The summed E-state index contributed by atoms with van der Waals surface area (Å²) in [5, 5.41) is 5.27. The largest absolute Gasteiger partial charge is 0.361 e. The average Bonchev–Trinajstić information content (AvgIpc) is 2.43. The Kier molecular flexibility index (Phi) is 3.92. The van der Waals surface area contributed by atoms with Crippen LogP contribution in [0.1, 0.15) is 33.6 Å². The molecule has 0 amide bonds. The number of hydrogen-bond donors (Lipinski definition) is 1. The quantitative estimate of drug-likeness (QED) is 0.731. The van der Waals surface area contributed by atoms with Crippen molar-refractivity contribution in [1.82, 2.24) is 5.32 Å². The molecule has 0 aliphatic carbocycles. The molecule has 0 aromatic rings. The third kappa shape index (κ3) is 2.41. The molecule has 0 aromatic heterocycles. The smallest absolute Gasteiger partial charge is 0.157 e. The van der Waals surface area contributed by atoms with Crippen LogP contribution >= 0.6 is 11.8 Å². The fourth-order valence-electron chi connectivity index (χ4n) is 1.30. The third-order valence-electron chi connectivity index (χ3n) is 2.09. The lowest BCUT2D eigenvalue weighted by Gasteiger charge is -2.09. The second-order valence-electron chi connectivity index (χ2n) is 3.17. The van der Waals surface area contributed by atoms with Crippen molar-refractivity contribution >= 4 is 16.9 Å². The number of thioether (sulfide) groups is 1. The summed E-state index contributed by atoms with van der Waals surface area (Å²) < 4.78 is 0. The number of amidine groups is 1. The average molecular weight is 186 g/mol. The van der Waals surface area contributed by atoms with Gasteiger partial charge in [-0.2, -0.15) is 0 Å². The first-order chi connectivity index (χ1) is 5.77. The third-order valence-corrected chi connectivity index (χ3v) is 3.26. The lowest BCUT2D eigenvalue weighted by molar-refractivity contribution is 0.599. The van der Waals surface area contributed by atoms with Crippen LogP contribution in [0.25, 0.3) is 0 Å². The van der Waals surface area contributed by atoms with E-state index in [0.29, 0.717) is 11.3 Å². The molecule has 2 unspecified atom stereocenters. The molecular formula is C9H18N2S. The van der Waals surface area contributed by atoms with Crippen LogP contribution in [0.2, 0.25) is 0 Å². The fraction of sp³-hybridized carbons (Fsp3) is 0.889. The van der Waals surface area contributed by atoms with E-state index in [4.69, 9.17) is 0 Å². The lowest BCUT2D eigenvalue weighted by Crippen LogP contribution is -2.29. The van der Waals surface area contributed by atoms with Crippen molar-refractivity contribution in [3.63, 3.8) is 0 Å². The van der Waals surface area contributed by atoms with Gasteiger partial charge in [0.2, 0.25) is 0 Å². The molecule has 1 saturated heterocycles. The molecule has 2 nitrogen and oxygen atoms in total. The molecule has 70 valence electrons. The van der Waals surface area contributed by atoms with Crippen molar-refractivity contribution in [2.75, 3.05) is 6.54 Å². The minimum atomic E-state index is 0.630. The maximum absolute atomic E-state index is 4.46. The fourth-order valence-corrected chi connectivity index (χ4v) is 2.46. The maximum Gasteiger partial charge on any atom is 0.157 e. The van der Waals surface area contributed by atoms with E-state index in [1.165, 1.54) is 6.42 Å². The first-order valence-electron chi connectivity index (χ1n) is 4.75. The summed E-state index contributed by atoms with van der Waals surface area (Å²) in [6.45, 7) is 7.60. The summed E-state index contributed by atoms with van der Waals surface area (Å²) in [6.07, 6.45) is 2.33. The minimum Gasteiger partial charge on any atom is -0.361 e. The van der Waals surface area contributed by atoms with Crippen molar-refractivity contribution in [2.45, 2.75) is 44.9 Å². The summed E-state index contributed by atoms with van der Waals surface area (Å²) in [5.41, 5.74) is 0. The number of nitrogens with one attached hydrogen (secondary N) is 1. The highest BCUT2D eigenvalue weighted by Gasteiger charge is 2.26. The van der Waals surface area contributed by atoms with E-state index in [1.807, 2.05) is 11.8 Å². The van der Waals surface area contributed by atoms with Crippen LogP contribution in [-0.4, -0.2) is 23.0 Å². The van der Waals surface area contributed by atoms with Crippen LogP contribution in [0.4, 0.5) is 0 Å². The number of aliphatic imine (C=N–C) groups is 1. The van der Waals surface area contributed by atoms with E-state index in [1.54, 1.807) is 0 Å². The zero-order valence-electron chi connectivity index (χ0n) is 8.13. The molecule has 1 aliphatic heterocycles. The molecule has 1 heterocycles. The Morgan fingerprint density at radius 2 is 2.25 bits per heavy atom. The molecule has 2 atom stereocenters. The van der Waals surface area contributed by atoms with Crippen molar-refractivity contribution in [1.29, 1.82) is 0 Å². The molecule has 1 N–H and O–H groups in total. The Hall–Kier alpha value is -0.180. The van der Waals surface area contributed by atoms with Crippen LogP contribution < -0.4 is 5.32 Å². The Morgan fingerprint density at radius 3 is 2.75 bits per heavy atom. The zero-order valence-corrected chi connectivity index (χ0v) is 8.95. The Labute approximate surface area is 79.2 Å². The summed E-state index contributed by atoms with van der Waals surface area (Å²) in [7, 11) is 0. The monoisotopic (exact) mass is 186 g/mol. The van der Waals surface area contributed by atoms with Crippen molar-refractivity contribution in [3.8, 4) is 0 Å². The van der Waals surface area contributed by atoms with Gasteiger partial charge in [-0.1, -0.05) is 32.5 Å². The van der Waals surface area contributed by atoms with Crippen LogP contribution in [0.3, 0.4) is 0 Å². The molecule has 0 radical (unpaired) electrons. The summed E-state index contributed by atoms with van der Waals surface area (Å²) in [4.78, 5) is 4.46. The molecule has 0 saturated carbocycles. The van der Waals surface area contributed by atoms with Gasteiger partial charge in [-0.05, 0) is 12.8 Å². The van der Waals surface area contributed by atoms with E-state index in [-0.39, 0.29) is 0 Å². The van der Waals surface area contributed by atoms with Gasteiger partial charge in [-0.25, -0.2) is 0 Å². The second-order valence-corrected chi connectivity index (χ2v) is 4.53. The van der Waals surface area contributed by atoms with Crippen LogP contribution in [-0.2, 0) is 0 Å². The molecule has 1 fully saturated rings. The van der Waals surface area contributed by atoms with E-state index >= 15 is 0 Å². The van der Waals surface area contributed by atoms with Crippen LogP contribution in [0.15, 0.2) is 4.99 Å². The zero-order chi connectivity index (χ0) is 8.97. The summed E-state index contributed by atoms with van der Waals surface area (Å²) >= 11 is 1.88. The molecule has 1 aliphatic rings. The predicted molar refractivity (Wildman–Crippen MR) is 56.9 cm³/mol. The van der Waals surface area contributed by atoms with Crippen molar-refractivity contribution < 1.29 is 0 Å². The lowest BCUT2D eigenvalue weighted by atomic mass is 10.2. The molecule has 12 heavy (non-hydrogen) atoms. The number of rotatable bonds is 3. The van der Waals surface area contributed by atoms with Gasteiger partial charge < -0.3 is 5.32 Å². The van der Waals surface area contributed by atoms with Gasteiger partial charge in [0.05, 0.1) is 0 Å². The van der Waals surface area contributed by atoms with E-state index in [0.717, 1.165) is 18.1 Å². The molecule has 0 bridgehead atoms. The van der Waals surface area contributed by atoms with Gasteiger partial charge in [-0.3, -0.25) is 4.99 Å². The Morgan fingerprint density at radius 1 is 1.50 bits per heavy atom. The second kappa shape index (κ2) is 4.75. The highest BCUT2D eigenvalue weighted by Crippen LogP contribution is 2.24. The van der Waals surface area contributed by atoms with Gasteiger partial charge in [0.15, 0.2) is 5.17 Å². The maximum atomic E-state index is 4.46. The SMILES string of the molecule is CCCN=C1NC(CC)C(C)S1. The first kappa shape index (κ1) is 9.90. The van der Waals surface area contributed by atoms with Crippen LogP contribution in [0, 0.1) is 0 Å². The molecule has 3 heteroatoms. The normalized spacial score (nSPS) is 32.4. The molecule has 1 rings (SSSR count). The Balaban J connectivity index is 2.42. The standard InChI is InChI=1S/C9H18N2S/c1-4-6-10-9-11-8(5-2)7(3)12-9/h7-8H,4-6H2,1-3H3,(H,10,11). The predicted octanol–water partition coefficient (Wildman–Crippen LogP) is 2.26. The summed E-state index contributed by atoms with van der Waals surface area (Å²) in [6, 6.07) is 0.630. The van der Waals surface area contributed by atoms with Gasteiger partial charge in [0.25, 0.3) is 0 Å². The molecule has 0 spiro atoms. The van der Waals surface area contributed by atoms with Gasteiger partial charge in [0, 0.05) is 17.8 Å². The van der Waals surface area contributed by atoms with Gasteiger partial charge >= 0.3 is 0 Å².